The summed E-state index contributed by atoms with van der Waals surface area (Å²) in [5.74, 6) is 1.88. The molecule has 0 N–H and O–H groups in total. The zero-order chi connectivity index (χ0) is 16.5. The minimum atomic E-state index is 0.0751. The lowest BCUT2D eigenvalue weighted by molar-refractivity contribution is 0.0768. The number of hydrogen-bond donors (Lipinski definition) is 0. The van der Waals surface area contributed by atoms with Gasteiger partial charge in [0.2, 0.25) is 5.88 Å². The van der Waals surface area contributed by atoms with Crippen molar-refractivity contribution in [3.8, 4) is 5.88 Å². The van der Waals surface area contributed by atoms with E-state index in [4.69, 9.17) is 4.74 Å². The molecule has 2 atom stereocenters. The van der Waals surface area contributed by atoms with Crippen molar-refractivity contribution in [2.45, 2.75) is 6.54 Å². The topological polar surface area (TPSA) is 58.6 Å². The molecule has 2 aliphatic heterocycles. The molecule has 2 saturated heterocycles. The quantitative estimate of drug-likeness (QED) is 0.846. The molecule has 0 saturated carbocycles. The van der Waals surface area contributed by atoms with Gasteiger partial charge in [0.25, 0.3) is 5.91 Å². The molecule has 2 aromatic rings. The molecule has 4 rings (SSSR count). The van der Waals surface area contributed by atoms with Crippen molar-refractivity contribution in [1.29, 1.82) is 0 Å². The van der Waals surface area contributed by atoms with E-state index in [0.717, 1.165) is 38.3 Å². The molecule has 2 aliphatic rings. The average Bonchev–Trinajstić information content (AvgIpc) is 3.30. The van der Waals surface area contributed by atoms with Crippen LogP contribution in [0.15, 0.2) is 29.2 Å². The van der Waals surface area contributed by atoms with Crippen LogP contribution in [0.3, 0.4) is 0 Å². The van der Waals surface area contributed by atoms with Gasteiger partial charge >= 0.3 is 0 Å². The molecule has 126 valence electrons. The summed E-state index contributed by atoms with van der Waals surface area (Å²) in [6.45, 7) is 4.56. The van der Waals surface area contributed by atoms with Crippen molar-refractivity contribution in [3.05, 3.63) is 40.5 Å². The predicted molar refractivity (Wildman–Crippen MR) is 91.1 cm³/mol. The highest BCUT2D eigenvalue weighted by molar-refractivity contribution is 7.07. The number of hydrogen-bond acceptors (Lipinski definition) is 6. The molecule has 1 amide bonds. The predicted octanol–water partition coefficient (Wildman–Crippen LogP) is 1.75. The number of ether oxygens (including phenoxy) is 1. The molecule has 6 nitrogen and oxygen atoms in total. The smallest absolute Gasteiger partial charge is 0.273 e. The number of fused-ring (bicyclic) bond motifs is 1. The van der Waals surface area contributed by atoms with Gasteiger partial charge in [0.1, 0.15) is 5.69 Å². The Hall–Kier alpha value is -1.99. The Morgan fingerprint density at radius 2 is 2.08 bits per heavy atom. The Kier molecular flexibility index (Phi) is 4.20. The molecule has 0 unspecified atom stereocenters. The molecular weight excluding hydrogens is 324 g/mol. The summed E-state index contributed by atoms with van der Waals surface area (Å²) in [6.07, 6.45) is 1.75. The molecular formula is C17H20N4O2S. The van der Waals surface area contributed by atoms with E-state index in [1.54, 1.807) is 18.8 Å². The molecule has 0 bridgehead atoms. The highest BCUT2D eigenvalue weighted by Crippen LogP contribution is 2.33. The van der Waals surface area contributed by atoms with Crippen LogP contribution in [0.1, 0.15) is 16.1 Å². The van der Waals surface area contributed by atoms with Gasteiger partial charge in [-0.15, -0.1) is 11.3 Å². The lowest BCUT2D eigenvalue weighted by atomic mass is 10.0. The SMILES string of the molecule is COc1ncccc1CN1C[C@@H]2CN(C(=O)c3cscn3)C[C@@H]2C1. The van der Waals surface area contributed by atoms with Gasteiger partial charge < -0.3 is 9.64 Å². The summed E-state index contributed by atoms with van der Waals surface area (Å²) in [5.41, 5.74) is 3.42. The van der Waals surface area contributed by atoms with Crippen LogP contribution in [-0.4, -0.2) is 59.0 Å². The molecule has 0 spiro atoms. The van der Waals surface area contributed by atoms with Crippen molar-refractivity contribution in [2.75, 3.05) is 33.3 Å². The fraction of sp³-hybridized carbons (Fsp3) is 0.471. The Morgan fingerprint density at radius 3 is 2.75 bits per heavy atom. The second kappa shape index (κ2) is 6.49. The lowest BCUT2D eigenvalue weighted by Crippen LogP contribution is -2.33. The van der Waals surface area contributed by atoms with Gasteiger partial charge in [-0.3, -0.25) is 9.69 Å². The van der Waals surface area contributed by atoms with Gasteiger partial charge in [0.05, 0.1) is 12.6 Å². The first-order chi connectivity index (χ1) is 11.7. The molecule has 0 aromatic carbocycles. The summed E-state index contributed by atoms with van der Waals surface area (Å²) in [7, 11) is 1.66. The standard InChI is InChI=1S/C17H20N4O2S/c1-23-16-12(3-2-4-18-16)5-20-6-13-8-21(9-14(13)7-20)17(22)15-10-24-11-19-15/h2-4,10-11,13-14H,5-9H2,1H3/t13-,14+. The third kappa shape index (κ3) is 2.89. The highest BCUT2D eigenvalue weighted by atomic mass is 32.1. The van der Waals surface area contributed by atoms with Gasteiger partial charge in [0.15, 0.2) is 0 Å². The first kappa shape index (κ1) is 15.5. The van der Waals surface area contributed by atoms with Crippen LogP contribution in [-0.2, 0) is 6.54 Å². The molecule has 4 heterocycles. The van der Waals surface area contributed by atoms with Crippen LogP contribution < -0.4 is 4.74 Å². The Morgan fingerprint density at radius 1 is 1.29 bits per heavy atom. The minimum absolute atomic E-state index is 0.0751. The third-order valence-corrected chi connectivity index (χ3v) is 5.52. The summed E-state index contributed by atoms with van der Waals surface area (Å²) in [5, 5.41) is 1.83. The van der Waals surface area contributed by atoms with Crippen molar-refractivity contribution >= 4 is 17.2 Å². The van der Waals surface area contributed by atoms with E-state index in [-0.39, 0.29) is 5.91 Å². The van der Waals surface area contributed by atoms with Crippen LogP contribution in [0.4, 0.5) is 0 Å². The van der Waals surface area contributed by atoms with Crippen molar-refractivity contribution < 1.29 is 9.53 Å². The van der Waals surface area contributed by atoms with Crippen molar-refractivity contribution in [3.63, 3.8) is 0 Å². The number of methoxy groups -OCH3 is 1. The maximum atomic E-state index is 12.4. The van der Waals surface area contributed by atoms with E-state index in [1.807, 2.05) is 16.3 Å². The lowest BCUT2D eigenvalue weighted by Gasteiger charge is -2.21. The van der Waals surface area contributed by atoms with Crippen LogP contribution in [0.25, 0.3) is 0 Å². The van der Waals surface area contributed by atoms with Crippen LogP contribution >= 0.6 is 11.3 Å². The fourth-order valence-electron chi connectivity index (χ4n) is 3.83. The number of amides is 1. The van der Waals surface area contributed by atoms with Gasteiger partial charge in [-0.05, 0) is 17.9 Å². The number of nitrogens with zero attached hydrogens (tertiary/aromatic N) is 4. The average molecular weight is 344 g/mol. The second-order valence-electron chi connectivity index (χ2n) is 6.47. The number of carbonyl (C=O) groups excluding carboxylic acids is 1. The van der Waals surface area contributed by atoms with E-state index < -0.39 is 0 Å². The van der Waals surface area contributed by atoms with Crippen LogP contribution in [0.5, 0.6) is 5.88 Å². The van der Waals surface area contributed by atoms with Gasteiger partial charge in [-0.2, -0.15) is 0 Å². The number of pyridine rings is 1. The molecule has 2 aromatic heterocycles. The van der Waals surface area contributed by atoms with E-state index in [1.165, 1.54) is 11.3 Å². The van der Waals surface area contributed by atoms with Gasteiger partial charge in [-0.25, -0.2) is 9.97 Å². The molecule has 24 heavy (non-hydrogen) atoms. The fourth-order valence-corrected chi connectivity index (χ4v) is 4.36. The van der Waals surface area contributed by atoms with Crippen molar-refractivity contribution in [1.82, 2.24) is 19.8 Å². The van der Waals surface area contributed by atoms with E-state index in [2.05, 4.69) is 20.9 Å². The monoisotopic (exact) mass is 344 g/mol. The van der Waals surface area contributed by atoms with Crippen LogP contribution in [0, 0.1) is 11.8 Å². The maximum Gasteiger partial charge on any atom is 0.273 e. The van der Waals surface area contributed by atoms with Gasteiger partial charge in [-0.1, -0.05) is 6.07 Å². The molecule has 2 fully saturated rings. The summed E-state index contributed by atoms with van der Waals surface area (Å²) in [4.78, 5) is 25.2. The summed E-state index contributed by atoms with van der Waals surface area (Å²) < 4.78 is 5.34. The van der Waals surface area contributed by atoms with Gasteiger partial charge in [0, 0.05) is 49.9 Å². The zero-order valence-corrected chi connectivity index (χ0v) is 14.4. The Balaban J connectivity index is 1.37. The first-order valence-electron chi connectivity index (χ1n) is 8.12. The van der Waals surface area contributed by atoms with E-state index >= 15 is 0 Å². The molecule has 7 heteroatoms. The number of carbonyl (C=O) groups is 1. The molecule has 0 aliphatic carbocycles. The summed E-state index contributed by atoms with van der Waals surface area (Å²) >= 11 is 1.47. The third-order valence-electron chi connectivity index (χ3n) is 4.94. The zero-order valence-electron chi connectivity index (χ0n) is 13.6. The largest absolute Gasteiger partial charge is 0.481 e. The number of aromatic nitrogens is 2. The molecule has 0 radical (unpaired) electrons. The maximum absolute atomic E-state index is 12.4. The van der Waals surface area contributed by atoms with Crippen molar-refractivity contribution in [2.24, 2.45) is 11.8 Å². The minimum Gasteiger partial charge on any atom is -0.481 e. The first-order valence-corrected chi connectivity index (χ1v) is 9.06. The number of thiazole rings is 1. The van der Waals surface area contributed by atoms with Crippen LogP contribution in [0.2, 0.25) is 0 Å². The number of rotatable bonds is 4. The Bertz CT molecular complexity index is 707. The second-order valence-corrected chi connectivity index (χ2v) is 7.19. The summed E-state index contributed by atoms with van der Waals surface area (Å²) in [6, 6.07) is 4.01. The Labute approximate surface area is 145 Å². The number of likely N-dealkylation sites (tertiary alicyclic amines) is 2. The van der Waals surface area contributed by atoms with E-state index in [9.17, 15) is 4.79 Å². The normalized spacial score (nSPS) is 23.5. The highest BCUT2D eigenvalue weighted by Gasteiger charge is 2.42. The van der Waals surface area contributed by atoms with E-state index in [0.29, 0.717) is 23.4 Å².